The molecule has 4 heterocycles. The van der Waals surface area contributed by atoms with E-state index in [2.05, 4.69) is 38.1 Å². The number of fused-ring (bicyclic) bond motifs is 2. The number of hydrogen-bond acceptors (Lipinski definition) is 7. The zero-order valence-corrected chi connectivity index (χ0v) is 15.9. The lowest BCUT2D eigenvalue weighted by Crippen LogP contribution is -2.53. The topological polar surface area (TPSA) is 79.0 Å². The Kier molecular flexibility index (Phi) is 4.49. The zero-order valence-electron chi connectivity index (χ0n) is 15.9. The second-order valence-electron chi connectivity index (χ2n) is 8.15. The molecule has 0 spiro atoms. The Morgan fingerprint density at radius 2 is 1.96 bits per heavy atom. The minimum absolute atomic E-state index is 0.235. The zero-order chi connectivity index (χ0) is 18.4. The number of aromatic nitrogens is 4. The van der Waals surface area contributed by atoms with E-state index in [1.807, 2.05) is 0 Å². The molecule has 0 bridgehead atoms. The van der Waals surface area contributed by atoms with Gasteiger partial charge in [-0.15, -0.1) is 10.2 Å². The molecule has 5 rings (SSSR count). The van der Waals surface area contributed by atoms with Gasteiger partial charge in [0, 0.05) is 32.2 Å². The second kappa shape index (κ2) is 7.00. The standard InChI is InChI=1S/C19H28N6O2/c1-2-15-9-17(19-21-20-12-25(19)22-15)24-10-13-7-16(18(26)8-14(13)11-24)23-3-5-27-6-4-23/h9,12-14,16,18,26H,2-8,10-11H2,1H3/t13-,14+,16-,18-/m1/s1. The van der Waals surface area contributed by atoms with Gasteiger partial charge in [0.15, 0.2) is 0 Å². The third kappa shape index (κ3) is 3.09. The maximum absolute atomic E-state index is 10.8. The van der Waals surface area contributed by atoms with Crippen LogP contribution in [0.15, 0.2) is 12.4 Å². The van der Waals surface area contributed by atoms with Gasteiger partial charge in [0.05, 0.1) is 30.7 Å². The molecule has 0 unspecified atom stereocenters. The molecule has 0 radical (unpaired) electrons. The van der Waals surface area contributed by atoms with Gasteiger partial charge in [-0.3, -0.25) is 4.90 Å². The smallest absolute Gasteiger partial charge is 0.200 e. The van der Waals surface area contributed by atoms with Gasteiger partial charge in [0.1, 0.15) is 6.33 Å². The molecule has 8 heteroatoms. The first-order valence-electron chi connectivity index (χ1n) is 10.2. The molecule has 0 aromatic carbocycles. The molecule has 1 saturated carbocycles. The molecule has 4 atom stereocenters. The molecule has 8 nitrogen and oxygen atoms in total. The third-order valence-corrected chi connectivity index (χ3v) is 6.63. The first kappa shape index (κ1) is 17.3. The molecule has 2 aromatic rings. The highest BCUT2D eigenvalue weighted by molar-refractivity contribution is 5.68. The van der Waals surface area contributed by atoms with Crippen LogP contribution in [-0.2, 0) is 11.2 Å². The Hall–Kier alpha value is -1.77. The maximum Gasteiger partial charge on any atom is 0.200 e. The fourth-order valence-electron chi connectivity index (χ4n) is 5.17. The van der Waals surface area contributed by atoms with Crippen LogP contribution in [0.3, 0.4) is 0 Å². The summed E-state index contributed by atoms with van der Waals surface area (Å²) in [4.78, 5) is 4.87. The summed E-state index contributed by atoms with van der Waals surface area (Å²) in [5, 5.41) is 23.7. The number of anilines is 1. The van der Waals surface area contributed by atoms with Crippen LogP contribution >= 0.6 is 0 Å². The van der Waals surface area contributed by atoms with Crippen LogP contribution in [-0.4, -0.2) is 81.4 Å². The van der Waals surface area contributed by atoms with Gasteiger partial charge >= 0.3 is 0 Å². The number of rotatable bonds is 3. The molecular weight excluding hydrogens is 344 g/mol. The van der Waals surface area contributed by atoms with Crippen molar-refractivity contribution in [3.05, 3.63) is 18.1 Å². The quantitative estimate of drug-likeness (QED) is 0.845. The predicted molar refractivity (Wildman–Crippen MR) is 101 cm³/mol. The first-order chi connectivity index (χ1) is 13.2. The number of aliphatic hydroxyl groups excluding tert-OH is 1. The van der Waals surface area contributed by atoms with Crippen LogP contribution in [0.25, 0.3) is 5.65 Å². The maximum atomic E-state index is 10.8. The van der Waals surface area contributed by atoms with Crippen molar-refractivity contribution >= 4 is 11.3 Å². The summed E-state index contributed by atoms with van der Waals surface area (Å²) < 4.78 is 7.28. The van der Waals surface area contributed by atoms with Crippen LogP contribution in [0.4, 0.5) is 5.69 Å². The average molecular weight is 372 g/mol. The van der Waals surface area contributed by atoms with E-state index < -0.39 is 0 Å². The summed E-state index contributed by atoms with van der Waals surface area (Å²) in [7, 11) is 0. The molecule has 27 heavy (non-hydrogen) atoms. The number of ether oxygens (including phenoxy) is 1. The molecular formula is C19H28N6O2. The van der Waals surface area contributed by atoms with Crippen LogP contribution in [0.2, 0.25) is 0 Å². The Bertz CT molecular complexity index is 805. The normalized spacial score (nSPS) is 32.1. The van der Waals surface area contributed by atoms with Crippen LogP contribution in [0.1, 0.15) is 25.5 Å². The highest BCUT2D eigenvalue weighted by Gasteiger charge is 2.44. The van der Waals surface area contributed by atoms with Gasteiger partial charge < -0.3 is 14.7 Å². The van der Waals surface area contributed by atoms with Gasteiger partial charge in [-0.1, -0.05) is 6.92 Å². The van der Waals surface area contributed by atoms with Gasteiger partial charge in [0.25, 0.3) is 0 Å². The second-order valence-corrected chi connectivity index (χ2v) is 8.15. The van der Waals surface area contributed by atoms with Crippen molar-refractivity contribution in [2.75, 3.05) is 44.3 Å². The molecule has 2 aliphatic heterocycles. The minimum atomic E-state index is -0.235. The molecule has 3 aliphatic rings. The number of aliphatic hydroxyl groups is 1. The van der Waals surface area contributed by atoms with Gasteiger partial charge in [-0.2, -0.15) is 9.61 Å². The number of nitrogens with zero attached hydrogens (tertiary/aromatic N) is 6. The van der Waals surface area contributed by atoms with Gasteiger partial charge in [-0.05, 0) is 37.2 Å². The molecule has 0 amide bonds. The van der Waals surface area contributed by atoms with Crippen LogP contribution in [0, 0.1) is 11.8 Å². The fourth-order valence-corrected chi connectivity index (χ4v) is 5.17. The van der Waals surface area contributed by atoms with Crippen molar-refractivity contribution in [1.82, 2.24) is 24.7 Å². The Morgan fingerprint density at radius 1 is 1.19 bits per heavy atom. The Morgan fingerprint density at radius 3 is 2.74 bits per heavy atom. The summed E-state index contributed by atoms with van der Waals surface area (Å²) in [5.41, 5.74) is 3.01. The molecule has 1 aliphatic carbocycles. The van der Waals surface area contributed by atoms with E-state index >= 15 is 0 Å². The Labute approximate surface area is 159 Å². The molecule has 2 saturated heterocycles. The van der Waals surface area contributed by atoms with E-state index in [1.165, 1.54) is 0 Å². The minimum Gasteiger partial charge on any atom is -0.391 e. The van der Waals surface area contributed by atoms with Crippen LogP contribution < -0.4 is 4.90 Å². The highest BCUT2D eigenvalue weighted by atomic mass is 16.5. The summed E-state index contributed by atoms with van der Waals surface area (Å²) in [6, 6.07) is 2.43. The molecule has 2 aromatic heterocycles. The van der Waals surface area contributed by atoms with Crippen molar-refractivity contribution in [2.45, 2.75) is 38.3 Å². The van der Waals surface area contributed by atoms with E-state index in [1.54, 1.807) is 10.8 Å². The highest BCUT2D eigenvalue weighted by Crippen LogP contribution is 2.40. The monoisotopic (exact) mass is 372 g/mol. The van der Waals surface area contributed by atoms with Crippen molar-refractivity contribution in [3.63, 3.8) is 0 Å². The number of hydrogen-bond donors (Lipinski definition) is 1. The summed E-state index contributed by atoms with van der Waals surface area (Å²) >= 11 is 0. The summed E-state index contributed by atoms with van der Waals surface area (Å²) in [5.74, 6) is 1.15. The fraction of sp³-hybridized carbons (Fsp3) is 0.737. The SMILES string of the molecule is CCc1cc(N2C[C@H]3C[C@@H](N4CCOCC4)[C@H](O)C[C@H]3C2)c2nncn2n1. The first-order valence-corrected chi connectivity index (χ1v) is 10.2. The lowest BCUT2D eigenvalue weighted by molar-refractivity contribution is -0.0520. The van der Waals surface area contributed by atoms with Crippen molar-refractivity contribution < 1.29 is 9.84 Å². The van der Waals surface area contributed by atoms with E-state index in [9.17, 15) is 5.11 Å². The molecule has 3 fully saturated rings. The van der Waals surface area contributed by atoms with E-state index in [-0.39, 0.29) is 12.1 Å². The van der Waals surface area contributed by atoms with Gasteiger partial charge in [-0.25, -0.2) is 0 Å². The van der Waals surface area contributed by atoms with E-state index in [4.69, 9.17) is 4.74 Å². The van der Waals surface area contributed by atoms with Crippen molar-refractivity contribution in [2.24, 2.45) is 11.8 Å². The van der Waals surface area contributed by atoms with E-state index in [0.29, 0.717) is 11.8 Å². The average Bonchev–Trinajstić information content (AvgIpc) is 3.33. The Balaban J connectivity index is 1.37. The number of morpholine rings is 1. The number of aryl methyl sites for hydroxylation is 1. The van der Waals surface area contributed by atoms with Crippen molar-refractivity contribution in [1.29, 1.82) is 0 Å². The van der Waals surface area contributed by atoms with Gasteiger partial charge in [0.2, 0.25) is 5.65 Å². The largest absolute Gasteiger partial charge is 0.391 e. The molecule has 1 N–H and O–H groups in total. The molecule has 146 valence electrons. The van der Waals surface area contributed by atoms with E-state index in [0.717, 1.165) is 75.7 Å². The van der Waals surface area contributed by atoms with Crippen LogP contribution in [0.5, 0.6) is 0 Å². The lowest BCUT2D eigenvalue weighted by atomic mass is 9.77. The third-order valence-electron chi connectivity index (χ3n) is 6.63. The van der Waals surface area contributed by atoms with Crippen molar-refractivity contribution in [3.8, 4) is 0 Å². The lowest BCUT2D eigenvalue weighted by Gasteiger charge is -2.43. The summed E-state index contributed by atoms with van der Waals surface area (Å²) in [6.07, 6.45) is 4.29. The summed E-state index contributed by atoms with van der Waals surface area (Å²) in [6.45, 7) is 7.56. The predicted octanol–water partition coefficient (Wildman–Crippen LogP) is 0.595.